The SMILES string of the molecule is O=C(O)c1ccc(Cl)nc1NC1CCN2CCCC12. The number of hydrogen-bond acceptors (Lipinski definition) is 4. The Kier molecular flexibility index (Phi) is 3.33. The lowest BCUT2D eigenvalue weighted by Crippen LogP contribution is -2.34. The summed E-state index contributed by atoms with van der Waals surface area (Å²) < 4.78 is 0. The molecule has 1 aromatic rings. The number of nitrogens with zero attached hydrogens (tertiary/aromatic N) is 2. The second-order valence-corrected chi connectivity index (χ2v) is 5.51. The highest BCUT2D eigenvalue weighted by Gasteiger charge is 2.37. The molecule has 2 N–H and O–H groups in total. The molecule has 102 valence electrons. The van der Waals surface area contributed by atoms with Crippen LogP contribution in [0.2, 0.25) is 5.15 Å². The molecular weight excluding hydrogens is 266 g/mol. The molecule has 3 rings (SSSR count). The topological polar surface area (TPSA) is 65.5 Å². The van der Waals surface area contributed by atoms with E-state index in [1.165, 1.54) is 25.0 Å². The monoisotopic (exact) mass is 281 g/mol. The van der Waals surface area contributed by atoms with Crippen molar-refractivity contribution in [3.63, 3.8) is 0 Å². The van der Waals surface area contributed by atoms with Crippen molar-refractivity contribution < 1.29 is 9.90 Å². The molecule has 0 spiro atoms. The molecule has 2 unspecified atom stereocenters. The molecule has 19 heavy (non-hydrogen) atoms. The van der Waals surface area contributed by atoms with Crippen molar-refractivity contribution in [2.45, 2.75) is 31.3 Å². The van der Waals surface area contributed by atoms with Crippen LogP contribution in [0, 0.1) is 0 Å². The number of anilines is 1. The molecule has 2 atom stereocenters. The Morgan fingerprint density at radius 3 is 3.05 bits per heavy atom. The summed E-state index contributed by atoms with van der Waals surface area (Å²) in [4.78, 5) is 17.8. The summed E-state index contributed by atoms with van der Waals surface area (Å²) >= 11 is 5.86. The first-order chi connectivity index (χ1) is 9.15. The molecule has 2 saturated heterocycles. The van der Waals surface area contributed by atoms with E-state index in [9.17, 15) is 9.90 Å². The van der Waals surface area contributed by atoms with E-state index in [1.54, 1.807) is 0 Å². The molecule has 6 heteroatoms. The Hall–Kier alpha value is -1.33. The van der Waals surface area contributed by atoms with Crippen LogP contribution >= 0.6 is 11.6 Å². The van der Waals surface area contributed by atoms with E-state index in [1.807, 2.05) is 0 Å². The number of rotatable bonds is 3. The van der Waals surface area contributed by atoms with Gasteiger partial charge in [0, 0.05) is 18.6 Å². The summed E-state index contributed by atoms with van der Waals surface area (Å²) in [6.07, 6.45) is 3.41. The highest BCUT2D eigenvalue weighted by Crippen LogP contribution is 2.30. The summed E-state index contributed by atoms with van der Waals surface area (Å²) in [5.74, 6) is -0.591. The molecule has 1 aromatic heterocycles. The van der Waals surface area contributed by atoms with Gasteiger partial charge in [-0.25, -0.2) is 9.78 Å². The first-order valence-electron chi connectivity index (χ1n) is 6.55. The fourth-order valence-electron chi connectivity index (χ4n) is 3.14. The zero-order valence-electron chi connectivity index (χ0n) is 10.5. The third kappa shape index (κ3) is 2.40. The van der Waals surface area contributed by atoms with Gasteiger partial charge in [0.25, 0.3) is 0 Å². The Labute approximate surface area is 116 Å². The first kappa shape index (κ1) is 12.7. The lowest BCUT2D eigenvalue weighted by atomic mass is 10.1. The van der Waals surface area contributed by atoms with Gasteiger partial charge in [-0.2, -0.15) is 0 Å². The van der Waals surface area contributed by atoms with Gasteiger partial charge in [0.15, 0.2) is 0 Å². The van der Waals surface area contributed by atoms with Crippen LogP contribution in [-0.4, -0.2) is 46.1 Å². The molecule has 0 aromatic carbocycles. The van der Waals surface area contributed by atoms with E-state index in [0.29, 0.717) is 17.0 Å². The maximum atomic E-state index is 11.2. The number of pyridine rings is 1. The summed E-state index contributed by atoms with van der Waals surface area (Å²) in [6.45, 7) is 2.23. The predicted molar refractivity (Wildman–Crippen MR) is 72.8 cm³/mol. The van der Waals surface area contributed by atoms with Crippen LogP contribution < -0.4 is 5.32 Å². The third-order valence-electron chi connectivity index (χ3n) is 4.02. The number of hydrogen-bond donors (Lipinski definition) is 2. The zero-order valence-corrected chi connectivity index (χ0v) is 11.2. The first-order valence-corrected chi connectivity index (χ1v) is 6.93. The van der Waals surface area contributed by atoms with Gasteiger partial charge >= 0.3 is 5.97 Å². The third-order valence-corrected chi connectivity index (χ3v) is 4.23. The fourth-order valence-corrected chi connectivity index (χ4v) is 3.29. The largest absolute Gasteiger partial charge is 0.478 e. The van der Waals surface area contributed by atoms with Crippen LogP contribution in [0.5, 0.6) is 0 Å². The molecule has 3 heterocycles. The van der Waals surface area contributed by atoms with E-state index >= 15 is 0 Å². The molecule has 0 radical (unpaired) electrons. The van der Waals surface area contributed by atoms with Gasteiger partial charge in [-0.05, 0) is 37.9 Å². The van der Waals surface area contributed by atoms with Crippen molar-refractivity contribution in [3.05, 3.63) is 22.8 Å². The number of carbonyl (C=O) groups is 1. The summed E-state index contributed by atoms with van der Waals surface area (Å²) in [7, 11) is 0. The minimum Gasteiger partial charge on any atom is -0.478 e. The van der Waals surface area contributed by atoms with Gasteiger partial charge in [0.2, 0.25) is 0 Å². The number of halogens is 1. The highest BCUT2D eigenvalue weighted by atomic mass is 35.5. The van der Waals surface area contributed by atoms with E-state index in [2.05, 4.69) is 15.2 Å². The van der Waals surface area contributed by atoms with Crippen molar-refractivity contribution in [1.82, 2.24) is 9.88 Å². The number of aromatic nitrogens is 1. The van der Waals surface area contributed by atoms with Gasteiger partial charge in [-0.15, -0.1) is 0 Å². The molecule has 2 aliphatic heterocycles. The van der Waals surface area contributed by atoms with Crippen LogP contribution in [0.4, 0.5) is 5.82 Å². The van der Waals surface area contributed by atoms with Gasteiger partial charge in [0.05, 0.1) is 0 Å². The number of carboxylic acid groups (broad SMARTS) is 1. The molecule has 5 nitrogen and oxygen atoms in total. The molecule has 0 amide bonds. The van der Waals surface area contributed by atoms with Gasteiger partial charge < -0.3 is 10.4 Å². The second-order valence-electron chi connectivity index (χ2n) is 5.12. The van der Waals surface area contributed by atoms with E-state index in [-0.39, 0.29) is 11.6 Å². The van der Waals surface area contributed by atoms with Crippen LogP contribution in [0.3, 0.4) is 0 Å². The van der Waals surface area contributed by atoms with E-state index in [0.717, 1.165) is 19.5 Å². The Bertz CT molecular complexity index is 509. The van der Waals surface area contributed by atoms with Crippen molar-refractivity contribution in [3.8, 4) is 0 Å². The lowest BCUT2D eigenvalue weighted by molar-refractivity contribution is 0.0697. The molecule has 0 aliphatic carbocycles. The van der Waals surface area contributed by atoms with E-state index < -0.39 is 5.97 Å². The summed E-state index contributed by atoms with van der Waals surface area (Å²) in [6, 6.07) is 3.78. The minimum atomic E-state index is -0.979. The quantitative estimate of drug-likeness (QED) is 0.831. The van der Waals surface area contributed by atoms with Gasteiger partial charge in [-0.1, -0.05) is 11.6 Å². The Morgan fingerprint density at radius 1 is 1.42 bits per heavy atom. The smallest absolute Gasteiger partial charge is 0.339 e. The predicted octanol–water partition coefficient (Wildman–Crippen LogP) is 2.08. The average Bonchev–Trinajstić information content (AvgIpc) is 2.94. The van der Waals surface area contributed by atoms with E-state index in [4.69, 9.17) is 11.6 Å². The molecule has 0 bridgehead atoms. The standard InChI is InChI=1S/C13H16ClN3O2/c14-11-4-3-8(13(18)19)12(16-11)15-9-5-7-17-6-1-2-10(9)17/h3-4,9-10H,1-2,5-7H2,(H,15,16)(H,18,19). The second kappa shape index (κ2) is 4.98. The number of nitrogens with one attached hydrogen (secondary N) is 1. The lowest BCUT2D eigenvalue weighted by Gasteiger charge is -2.22. The molecule has 2 aliphatic rings. The molecule has 2 fully saturated rings. The van der Waals surface area contributed by atoms with Crippen molar-refractivity contribution >= 4 is 23.4 Å². The van der Waals surface area contributed by atoms with Gasteiger partial charge in [-0.3, -0.25) is 4.90 Å². The maximum absolute atomic E-state index is 11.2. The highest BCUT2D eigenvalue weighted by molar-refractivity contribution is 6.29. The minimum absolute atomic E-state index is 0.181. The maximum Gasteiger partial charge on any atom is 0.339 e. The zero-order chi connectivity index (χ0) is 13.4. The molecule has 0 saturated carbocycles. The summed E-state index contributed by atoms with van der Waals surface area (Å²) in [5, 5.41) is 12.8. The Morgan fingerprint density at radius 2 is 2.26 bits per heavy atom. The van der Waals surface area contributed by atoms with Crippen LogP contribution in [-0.2, 0) is 0 Å². The van der Waals surface area contributed by atoms with Crippen LogP contribution in [0.15, 0.2) is 12.1 Å². The fraction of sp³-hybridized carbons (Fsp3) is 0.538. The normalized spacial score (nSPS) is 26.4. The Balaban J connectivity index is 1.83. The van der Waals surface area contributed by atoms with Crippen molar-refractivity contribution in [2.24, 2.45) is 0 Å². The van der Waals surface area contributed by atoms with Gasteiger partial charge in [0.1, 0.15) is 16.5 Å². The summed E-state index contributed by atoms with van der Waals surface area (Å²) in [5.41, 5.74) is 0.181. The van der Waals surface area contributed by atoms with Crippen LogP contribution in [0.1, 0.15) is 29.6 Å². The number of carboxylic acids is 1. The molecular formula is C13H16ClN3O2. The van der Waals surface area contributed by atoms with Crippen molar-refractivity contribution in [1.29, 1.82) is 0 Å². The van der Waals surface area contributed by atoms with Crippen LogP contribution in [0.25, 0.3) is 0 Å². The average molecular weight is 282 g/mol. The van der Waals surface area contributed by atoms with Crippen molar-refractivity contribution in [2.75, 3.05) is 18.4 Å². The number of aromatic carboxylic acids is 1. The number of fused-ring (bicyclic) bond motifs is 1.